The smallest absolute Gasteiger partial charge is 0.409 e. The first kappa shape index (κ1) is 26.9. The van der Waals surface area contributed by atoms with Crippen molar-refractivity contribution in [1.82, 2.24) is 40.4 Å². The van der Waals surface area contributed by atoms with Crippen LogP contribution in [0.25, 0.3) is 11.5 Å². The van der Waals surface area contributed by atoms with E-state index in [-0.39, 0.29) is 29.6 Å². The highest BCUT2D eigenvalue weighted by Gasteiger charge is 2.26. The Morgan fingerprint density at radius 3 is 2.92 bits per heavy atom. The molecule has 2 amide bonds. The van der Waals surface area contributed by atoms with E-state index in [0.29, 0.717) is 56.7 Å². The number of amides is 2. The van der Waals surface area contributed by atoms with Crippen molar-refractivity contribution in [2.45, 2.75) is 45.9 Å². The molecule has 0 radical (unpaired) electrons. The first-order chi connectivity index (χ1) is 18.4. The van der Waals surface area contributed by atoms with Crippen LogP contribution in [0, 0.1) is 6.92 Å². The summed E-state index contributed by atoms with van der Waals surface area (Å²) in [5.74, 6) is 1.01. The maximum absolute atomic E-state index is 12.8. The lowest BCUT2D eigenvalue weighted by Gasteiger charge is -2.31. The van der Waals surface area contributed by atoms with Crippen molar-refractivity contribution in [3.05, 3.63) is 47.4 Å². The van der Waals surface area contributed by atoms with Gasteiger partial charge in [0.2, 0.25) is 5.82 Å². The summed E-state index contributed by atoms with van der Waals surface area (Å²) in [6.07, 6.45) is 1.14. The number of nitrogens with one attached hydrogen (secondary N) is 1. The van der Waals surface area contributed by atoms with Crippen LogP contribution in [0.4, 0.5) is 4.79 Å². The fraction of sp³-hybridized carbons (Fsp3) is 0.480. The Morgan fingerprint density at radius 1 is 1.24 bits per heavy atom. The zero-order valence-corrected chi connectivity index (χ0v) is 21.8. The van der Waals surface area contributed by atoms with Crippen molar-refractivity contribution in [2.24, 2.45) is 0 Å². The van der Waals surface area contributed by atoms with Gasteiger partial charge in [0.1, 0.15) is 23.0 Å². The van der Waals surface area contributed by atoms with Crippen molar-refractivity contribution >= 4 is 12.0 Å². The topological polar surface area (TPSA) is 146 Å². The van der Waals surface area contributed by atoms with Gasteiger partial charge < -0.3 is 24.4 Å². The van der Waals surface area contributed by atoms with Crippen molar-refractivity contribution < 1.29 is 23.8 Å². The van der Waals surface area contributed by atoms with E-state index in [4.69, 9.17) is 14.2 Å². The minimum absolute atomic E-state index is 0.194. The van der Waals surface area contributed by atoms with Crippen LogP contribution in [0.15, 0.2) is 30.3 Å². The zero-order valence-electron chi connectivity index (χ0n) is 21.8. The number of tetrazole rings is 1. The molecule has 0 saturated carbocycles. The summed E-state index contributed by atoms with van der Waals surface area (Å²) in [6, 6.07) is 8.97. The summed E-state index contributed by atoms with van der Waals surface area (Å²) < 4.78 is 16.3. The van der Waals surface area contributed by atoms with Crippen molar-refractivity contribution in [3.63, 3.8) is 0 Å². The predicted molar refractivity (Wildman–Crippen MR) is 135 cm³/mol. The highest BCUT2D eigenvalue weighted by atomic mass is 16.6. The molecule has 0 spiro atoms. The van der Waals surface area contributed by atoms with Gasteiger partial charge in [0, 0.05) is 13.1 Å². The first-order valence-electron chi connectivity index (χ1n) is 12.5. The highest BCUT2D eigenvalue weighted by Crippen LogP contribution is 2.15. The van der Waals surface area contributed by atoms with Gasteiger partial charge in [-0.05, 0) is 42.3 Å². The van der Waals surface area contributed by atoms with Crippen LogP contribution in [-0.2, 0) is 22.6 Å². The van der Waals surface area contributed by atoms with E-state index in [1.165, 1.54) is 10.9 Å². The Morgan fingerprint density at radius 2 is 2.11 bits per heavy atom. The second-order valence-corrected chi connectivity index (χ2v) is 8.79. The summed E-state index contributed by atoms with van der Waals surface area (Å²) in [6.45, 7) is 5.99. The van der Waals surface area contributed by atoms with E-state index in [1.54, 1.807) is 18.9 Å². The van der Waals surface area contributed by atoms with Gasteiger partial charge in [-0.25, -0.2) is 14.8 Å². The highest BCUT2D eigenvalue weighted by molar-refractivity contribution is 5.93. The van der Waals surface area contributed by atoms with Crippen molar-refractivity contribution in [1.29, 1.82) is 0 Å². The molecule has 2 aromatic heterocycles. The van der Waals surface area contributed by atoms with Crippen molar-refractivity contribution in [2.75, 3.05) is 33.4 Å². The van der Waals surface area contributed by atoms with Crippen LogP contribution in [0.1, 0.15) is 41.6 Å². The number of aryl methyl sites for hydroxylation is 1. The minimum atomic E-state index is -0.353. The number of carbonyl (C=O) groups is 2. The fourth-order valence-electron chi connectivity index (χ4n) is 3.85. The quantitative estimate of drug-likeness (QED) is 0.391. The molecule has 1 aliphatic rings. The molecular formula is C25H32N8O5. The molecule has 1 aliphatic heterocycles. The van der Waals surface area contributed by atoms with E-state index in [2.05, 4.69) is 30.7 Å². The fourth-order valence-corrected chi connectivity index (χ4v) is 3.85. The van der Waals surface area contributed by atoms with Gasteiger partial charge in [0.05, 0.1) is 39.5 Å². The molecule has 202 valence electrons. The van der Waals surface area contributed by atoms with Crippen LogP contribution < -0.4 is 10.1 Å². The minimum Gasteiger partial charge on any atom is -0.497 e. The molecular weight excluding hydrogens is 492 g/mol. The average Bonchev–Trinajstić information content (AvgIpc) is 3.40. The third-order valence-corrected chi connectivity index (χ3v) is 5.83. The first-order valence-corrected chi connectivity index (χ1v) is 12.5. The number of hydrogen-bond acceptors (Lipinski definition) is 10. The molecule has 1 fully saturated rings. The summed E-state index contributed by atoms with van der Waals surface area (Å²) in [4.78, 5) is 36.7. The number of unbranched alkanes of at least 4 members (excludes halogenated alkanes) is 1. The number of morpholine rings is 1. The van der Waals surface area contributed by atoms with E-state index < -0.39 is 0 Å². The SMILES string of the molecule is CCCCOC(=O)N1CCOC(Cn2nnc(-c3cc(C(=O)NCc4cccc(OC)c4)nc(C)n3)n2)C1. The van der Waals surface area contributed by atoms with Gasteiger partial charge in [-0.1, -0.05) is 25.5 Å². The second-order valence-electron chi connectivity index (χ2n) is 8.79. The third kappa shape index (κ3) is 7.22. The Balaban J connectivity index is 1.37. The van der Waals surface area contributed by atoms with E-state index in [9.17, 15) is 9.59 Å². The van der Waals surface area contributed by atoms with Crippen LogP contribution >= 0.6 is 0 Å². The number of benzene rings is 1. The number of nitrogens with zero attached hydrogens (tertiary/aromatic N) is 7. The number of ether oxygens (including phenoxy) is 3. The van der Waals surface area contributed by atoms with Gasteiger partial charge >= 0.3 is 6.09 Å². The molecule has 1 unspecified atom stereocenters. The zero-order chi connectivity index (χ0) is 26.9. The molecule has 1 atom stereocenters. The number of rotatable bonds is 10. The van der Waals surface area contributed by atoms with Crippen LogP contribution in [0.2, 0.25) is 0 Å². The van der Waals surface area contributed by atoms with Crippen LogP contribution in [-0.4, -0.2) is 86.6 Å². The lowest BCUT2D eigenvalue weighted by atomic mass is 10.2. The molecule has 4 rings (SSSR count). The molecule has 13 heteroatoms. The van der Waals surface area contributed by atoms with Gasteiger partial charge in [-0.2, -0.15) is 4.80 Å². The maximum atomic E-state index is 12.8. The Bertz CT molecular complexity index is 1250. The maximum Gasteiger partial charge on any atom is 0.409 e. The monoisotopic (exact) mass is 524 g/mol. The van der Waals surface area contributed by atoms with E-state index in [0.717, 1.165) is 18.4 Å². The summed E-state index contributed by atoms with van der Waals surface area (Å²) in [5, 5.41) is 15.5. The molecule has 0 aliphatic carbocycles. The third-order valence-electron chi connectivity index (χ3n) is 5.83. The van der Waals surface area contributed by atoms with Crippen LogP contribution in [0.3, 0.4) is 0 Å². The number of hydrogen-bond donors (Lipinski definition) is 1. The normalized spacial score (nSPS) is 15.2. The molecule has 13 nitrogen and oxygen atoms in total. The van der Waals surface area contributed by atoms with Crippen LogP contribution in [0.5, 0.6) is 5.75 Å². The Hall–Kier alpha value is -4.13. The lowest BCUT2D eigenvalue weighted by Crippen LogP contribution is -2.47. The molecule has 0 bridgehead atoms. The number of methoxy groups -OCH3 is 1. The Kier molecular flexibility index (Phi) is 9.14. The average molecular weight is 525 g/mol. The Labute approximate surface area is 220 Å². The van der Waals surface area contributed by atoms with Gasteiger partial charge in [0.25, 0.3) is 5.91 Å². The molecule has 1 N–H and O–H groups in total. The standard InChI is InChI=1S/C25H32N8O5/c1-4-5-10-38-25(35)32-9-11-37-20(15-32)16-33-30-23(29-31-33)21-13-22(28-17(2)27-21)24(34)26-14-18-7-6-8-19(12-18)36-3/h6-8,12-13,20H,4-5,9-11,14-16H2,1-3H3,(H,26,34). The van der Waals surface area contributed by atoms with E-state index in [1.807, 2.05) is 31.2 Å². The molecule has 38 heavy (non-hydrogen) atoms. The molecule has 3 aromatic rings. The summed E-state index contributed by atoms with van der Waals surface area (Å²) in [7, 11) is 1.59. The largest absolute Gasteiger partial charge is 0.497 e. The van der Waals surface area contributed by atoms with Gasteiger partial charge in [0.15, 0.2) is 0 Å². The van der Waals surface area contributed by atoms with Gasteiger partial charge in [-0.15, -0.1) is 10.2 Å². The lowest BCUT2D eigenvalue weighted by molar-refractivity contribution is -0.0373. The number of carbonyl (C=O) groups excluding carboxylic acids is 2. The van der Waals surface area contributed by atoms with E-state index >= 15 is 0 Å². The molecule has 3 heterocycles. The van der Waals surface area contributed by atoms with Crippen molar-refractivity contribution in [3.8, 4) is 17.3 Å². The molecule has 1 saturated heterocycles. The van der Waals surface area contributed by atoms with Gasteiger partial charge in [-0.3, -0.25) is 4.79 Å². The molecule has 1 aromatic carbocycles. The number of aromatic nitrogens is 6. The predicted octanol–water partition coefficient (Wildman–Crippen LogP) is 2.01. The second kappa shape index (κ2) is 12.9. The summed E-state index contributed by atoms with van der Waals surface area (Å²) in [5.41, 5.74) is 1.46. The summed E-state index contributed by atoms with van der Waals surface area (Å²) >= 11 is 0.